The minimum Gasteiger partial charge on any atom is -0.445 e. The van der Waals surface area contributed by atoms with Gasteiger partial charge in [0.2, 0.25) is 0 Å². The Morgan fingerprint density at radius 1 is 1.30 bits per heavy atom. The number of hydrogen-bond donors (Lipinski definition) is 2. The number of amides is 1. The molecule has 1 aliphatic rings. The maximum Gasteiger partial charge on any atom is 0.407 e. The van der Waals surface area contributed by atoms with Gasteiger partial charge in [-0.3, -0.25) is 0 Å². The molecule has 20 heavy (non-hydrogen) atoms. The standard InChI is InChI=1S/C16H24N2O2/c1-12(17)14-7-9-15(10-8-14)18-16(19)20-11-13-5-3-2-4-6-13/h2-6,12,14-15H,7-11,17H2,1H3,(H,18,19). The predicted octanol–water partition coefficient (Wildman–Crippen LogP) is 2.82. The third-order valence-electron chi connectivity index (χ3n) is 4.05. The zero-order valence-corrected chi connectivity index (χ0v) is 12.0. The van der Waals surface area contributed by atoms with Crippen LogP contribution >= 0.6 is 0 Å². The monoisotopic (exact) mass is 276 g/mol. The van der Waals surface area contributed by atoms with Gasteiger partial charge in [0.05, 0.1) is 0 Å². The molecule has 1 fully saturated rings. The summed E-state index contributed by atoms with van der Waals surface area (Å²) in [5.41, 5.74) is 6.92. The van der Waals surface area contributed by atoms with Gasteiger partial charge >= 0.3 is 6.09 Å². The van der Waals surface area contributed by atoms with Crippen molar-refractivity contribution in [2.24, 2.45) is 11.7 Å². The van der Waals surface area contributed by atoms with E-state index in [-0.39, 0.29) is 18.2 Å². The van der Waals surface area contributed by atoms with Crippen LogP contribution < -0.4 is 11.1 Å². The van der Waals surface area contributed by atoms with E-state index in [4.69, 9.17) is 10.5 Å². The lowest BCUT2D eigenvalue weighted by Crippen LogP contribution is -2.40. The molecule has 1 amide bonds. The zero-order chi connectivity index (χ0) is 14.4. The Morgan fingerprint density at radius 2 is 1.95 bits per heavy atom. The molecule has 0 saturated heterocycles. The Bertz CT molecular complexity index is 412. The number of ether oxygens (including phenoxy) is 1. The predicted molar refractivity (Wildman–Crippen MR) is 79.2 cm³/mol. The second kappa shape index (κ2) is 7.29. The van der Waals surface area contributed by atoms with Crippen molar-refractivity contribution < 1.29 is 9.53 Å². The molecule has 1 saturated carbocycles. The molecule has 2 rings (SSSR count). The number of nitrogens with one attached hydrogen (secondary N) is 1. The van der Waals surface area contributed by atoms with Gasteiger partial charge in [0, 0.05) is 12.1 Å². The van der Waals surface area contributed by atoms with Crippen LogP contribution in [0.2, 0.25) is 0 Å². The molecule has 3 N–H and O–H groups in total. The molecule has 4 nitrogen and oxygen atoms in total. The van der Waals surface area contributed by atoms with Gasteiger partial charge in [-0.15, -0.1) is 0 Å². The molecule has 1 aliphatic carbocycles. The molecule has 0 aliphatic heterocycles. The smallest absolute Gasteiger partial charge is 0.407 e. The Balaban J connectivity index is 1.68. The maximum atomic E-state index is 11.7. The molecular weight excluding hydrogens is 252 g/mol. The summed E-state index contributed by atoms with van der Waals surface area (Å²) in [5.74, 6) is 0.591. The molecule has 1 aromatic carbocycles. The Kier molecular flexibility index (Phi) is 5.41. The minimum absolute atomic E-state index is 0.230. The van der Waals surface area contributed by atoms with Crippen molar-refractivity contribution in [3.8, 4) is 0 Å². The zero-order valence-electron chi connectivity index (χ0n) is 12.0. The van der Waals surface area contributed by atoms with E-state index in [2.05, 4.69) is 12.2 Å². The van der Waals surface area contributed by atoms with Crippen molar-refractivity contribution in [1.29, 1.82) is 0 Å². The molecule has 0 aromatic heterocycles. The number of hydrogen-bond acceptors (Lipinski definition) is 3. The van der Waals surface area contributed by atoms with Crippen molar-refractivity contribution in [3.63, 3.8) is 0 Å². The lowest BCUT2D eigenvalue weighted by atomic mass is 9.82. The van der Waals surface area contributed by atoms with Crippen molar-refractivity contribution >= 4 is 6.09 Å². The van der Waals surface area contributed by atoms with Crippen molar-refractivity contribution in [2.75, 3.05) is 0 Å². The number of carbonyl (C=O) groups excluding carboxylic acids is 1. The normalized spacial score (nSPS) is 23.9. The highest BCUT2D eigenvalue weighted by atomic mass is 16.5. The second-order valence-electron chi connectivity index (χ2n) is 5.68. The lowest BCUT2D eigenvalue weighted by Gasteiger charge is -2.30. The second-order valence-corrected chi connectivity index (χ2v) is 5.68. The molecule has 0 radical (unpaired) electrons. The number of nitrogens with two attached hydrogens (primary N) is 1. The summed E-state index contributed by atoms with van der Waals surface area (Å²) in [4.78, 5) is 11.7. The third-order valence-corrected chi connectivity index (χ3v) is 4.05. The third kappa shape index (κ3) is 4.53. The summed E-state index contributed by atoms with van der Waals surface area (Å²) in [5, 5.41) is 2.95. The fourth-order valence-corrected chi connectivity index (χ4v) is 2.72. The lowest BCUT2D eigenvalue weighted by molar-refractivity contribution is 0.130. The van der Waals surface area contributed by atoms with Crippen molar-refractivity contribution in [3.05, 3.63) is 35.9 Å². The highest BCUT2D eigenvalue weighted by Crippen LogP contribution is 2.26. The van der Waals surface area contributed by atoms with Gasteiger partial charge in [0.15, 0.2) is 0 Å². The van der Waals surface area contributed by atoms with E-state index in [1.54, 1.807) is 0 Å². The molecule has 0 heterocycles. The molecule has 110 valence electrons. The van der Waals surface area contributed by atoms with Gasteiger partial charge in [-0.05, 0) is 44.1 Å². The first-order valence-electron chi connectivity index (χ1n) is 7.38. The minimum atomic E-state index is -0.321. The van der Waals surface area contributed by atoms with E-state index >= 15 is 0 Å². The molecule has 1 unspecified atom stereocenters. The molecule has 0 bridgehead atoms. The van der Waals surface area contributed by atoms with E-state index in [1.165, 1.54) is 0 Å². The van der Waals surface area contributed by atoms with E-state index in [9.17, 15) is 4.79 Å². The van der Waals surface area contributed by atoms with Crippen molar-refractivity contribution in [1.82, 2.24) is 5.32 Å². The van der Waals surface area contributed by atoms with Crippen LogP contribution in [0.15, 0.2) is 30.3 Å². The van der Waals surface area contributed by atoms with Crippen LogP contribution in [0.4, 0.5) is 4.79 Å². The van der Waals surface area contributed by atoms with Crippen LogP contribution in [0.1, 0.15) is 38.2 Å². The van der Waals surface area contributed by atoms with Crippen molar-refractivity contribution in [2.45, 2.75) is 51.3 Å². The summed E-state index contributed by atoms with van der Waals surface area (Å²) in [6.07, 6.45) is 3.83. The SMILES string of the molecule is CC(N)C1CCC(NC(=O)OCc2ccccc2)CC1. The number of carbonyl (C=O) groups is 1. The van der Waals surface area contributed by atoms with Crippen LogP contribution in [0, 0.1) is 5.92 Å². The van der Waals surface area contributed by atoms with Crippen LogP contribution in [-0.4, -0.2) is 18.2 Å². The van der Waals surface area contributed by atoms with E-state index in [0.29, 0.717) is 12.5 Å². The van der Waals surface area contributed by atoms with Gasteiger partial charge in [0.25, 0.3) is 0 Å². The largest absolute Gasteiger partial charge is 0.445 e. The fraction of sp³-hybridized carbons (Fsp3) is 0.562. The molecule has 4 heteroatoms. The molecule has 1 atom stereocenters. The van der Waals surface area contributed by atoms with E-state index in [0.717, 1.165) is 31.2 Å². The Labute approximate surface area is 120 Å². The first-order chi connectivity index (χ1) is 9.65. The molecular formula is C16H24N2O2. The van der Waals surface area contributed by atoms with Gasteiger partial charge in [-0.25, -0.2) is 4.79 Å². The van der Waals surface area contributed by atoms with Crippen LogP contribution in [0.3, 0.4) is 0 Å². The summed E-state index contributed by atoms with van der Waals surface area (Å²) < 4.78 is 5.23. The summed E-state index contributed by atoms with van der Waals surface area (Å²) in [6.45, 7) is 2.38. The van der Waals surface area contributed by atoms with Gasteiger partial charge in [-0.2, -0.15) is 0 Å². The first kappa shape index (κ1) is 14.9. The maximum absolute atomic E-state index is 11.7. The van der Waals surface area contributed by atoms with Crippen LogP contribution in [-0.2, 0) is 11.3 Å². The summed E-state index contributed by atoms with van der Waals surface area (Å²) in [7, 11) is 0. The number of alkyl carbamates (subject to hydrolysis) is 1. The number of rotatable bonds is 4. The van der Waals surface area contributed by atoms with Gasteiger partial charge < -0.3 is 15.8 Å². The highest BCUT2D eigenvalue weighted by molar-refractivity contribution is 5.67. The van der Waals surface area contributed by atoms with Gasteiger partial charge in [-0.1, -0.05) is 30.3 Å². The average Bonchev–Trinajstić information content (AvgIpc) is 2.47. The quantitative estimate of drug-likeness (QED) is 0.888. The van der Waals surface area contributed by atoms with Gasteiger partial charge in [0.1, 0.15) is 6.61 Å². The topological polar surface area (TPSA) is 64.3 Å². The van der Waals surface area contributed by atoms with Crippen LogP contribution in [0.25, 0.3) is 0 Å². The fourth-order valence-electron chi connectivity index (χ4n) is 2.72. The van der Waals surface area contributed by atoms with E-state index in [1.807, 2.05) is 30.3 Å². The molecule has 0 spiro atoms. The van der Waals surface area contributed by atoms with E-state index < -0.39 is 0 Å². The first-order valence-corrected chi connectivity index (χ1v) is 7.38. The summed E-state index contributed by atoms with van der Waals surface area (Å²) >= 11 is 0. The average molecular weight is 276 g/mol. The Morgan fingerprint density at radius 3 is 2.55 bits per heavy atom. The van der Waals surface area contributed by atoms with Crippen LogP contribution in [0.5, 0.6) is 0 Å². The highest BCUT2D eigenvalue weighted by Gasteiger charge is 2.24. The Hall–Kier alpha value is -1.55. The number of benzene rings is 1. The summed E-state index contributed by atoms with van der Waals surface area (Å²) in [6, 6.07) is 10.2. The molecule has 1 aromatic rings.